The van der Waals surface area contributed by atoms with Gasteiger partial charge in [0.25, 0.3) is 0 Å². The van der Waals surface area contributed by atoms with Gasteiger partial charge in [0.1, 0.15) is 11.5 Å². The molecule has 0 unspecified atom stereocenters. The molecule has 4 heteroatoms. The Bertz CT molecular complexity index is 599. The van der Waals surface area contributed by atoms with E-state index in [2.05, 4.69) is 0 Å². The molecule has 0 spiro atoms. The summed E-state index contributed by atoms with van der Waals surface area (Å²) in [6.45, 7) is 5.54. The molecule has 2 aromatic rings. The molecule has 1 aromatic heterocycles. The van der Waals surface area contributed by atoms with E-state index < -0.39 is 5.97 Å². The van der Waals surface area contributed by atoms with Crippen molar-refractivity contribution in [3.05, 3.63) is 35.3 Å². The minimum absolute atomic E-state index is 0.0164. The fourth-order valence-corrected chi connectivity index (χ4v) is 2.25. The molecule has 0 amide bonds. The van der Waals surface area contributed by atoms with Crippen molar-refractivity contribution in [1.29, 1.82) is 0 Å². The van der Waals surface area contributed by atoms with E-state index in [4.69, 9.17) is 0 Å². The van der Waals surface area contributed by atoms with Gasteiger partial charge in [0.15, 0.2) is 0 Å². The Morgan fingerprint density at radius 3 is 2.59 bits per heavy atom. The third kappa shape index (κ3) is 1.69. The Morgan fingerprint density at radius 1 is 1.41 bits per heavy atom. The minimum Gasteiger partial charge on any atom is -0.477 e. The van der Waals surface area contributed by atoms with Crippen molar-refractivity contribution in [3.8, 4) is 0 Å². The molecule has 0 radical (unpaired) electrons. The zero-order valence-electron chi connectivity index (χ0n) is 9.99. The first-order valence-corrected chi connectivity index (χ1v) is 5.46. The summed E-state index contributed by atoms with van der Waals surface area (Å²) >= 11 is 0. The number of aromatic carboxylic acids is 1. The molecule has 0 saturated heterocycles. The van der Waals surface area contributed by atoms with Crippen LogP contribution in [-0.2, 0) is 0 Å². The first-order valence-electron chi connectivity index (χ1n) is 5.46. The van der Waals surface area contributed by atoms with E-state index in [-0.39, 0.29) is 17.6 Å². The average Bonchev–Trinajstić information content (AvgIpc) is 2.52. The maximum absolute atomic E-state index is 13.2. The number of hydrogen-bond acceptors (Lipinski definition) is 1. The number of hydrogen-bond donors (Lipinski definition) is 1. The molecule has 17 heavy (non-hydrogen) atoms. The van der Waals surface area contributed by atoms with Crippen LogP contribution >= 0.6 is 0 Å². The van der Waals surface area contributed by atoms with Crippen LogP contribution in [0.5, 0.6) is 0 Å². The third-order valence-corrected chi connectivity index (χ3v) is 2.94. The lowest BCUT2D eigenvalue weighted by Gasteiger charge is -2.12. The van der Waals surface area contributed by atoms with E-state index in [0.717, 1.165) is 5.52 Å². The Hall–Kier alpha value is -1.84. The maximum Gasteiger partial charge on any atom is 0.352 e. The second-order valence-corrected chi connectivity index (χ2v) is 4.40. The van der Waals surface area contributed by atoms with Crippen molar-refractivity contribution in [2.24, 2.45) is 0 Å². The highest BCUT2D eigenvalue weighted by Crippen LogP contribution is 2.29. The average molecular weight is 235 g/mol. The zero-order chi connectivity index (χ0) is 12.7. The Morgan fingerprint density at radius 2 is 2.06 bits per heavy atom. The van der Waals surface area contributed by atoms with Crippen LogP contribution < -0.4 is 0 Å². The highest BCUT2D eigenvalue weighted by molar-refractivity contribution is 5.98. The standard InChI is InChI=1S/C13H14FNO2/c1-7(2)15-11-5-4-9(14)6-10(11)8(3)12(15)13(16)17/h4-7H,1-3H3,(H,16,17). The predicted molar refractivity (Wildman–Crippen MR) is 64.0 cm³/mol. The van der Waals surface area contributed by atoms with Gasteiger partial charge in [-0.05, 0) is 44.5 Å². The van der Waals surface area contributed by atoms with Gasteiger partial charge >= 0.3 is 5.97 Å². The normalized spacial score (nSPS) is 11.4. The summed E-state index contributed by atoms with van der Waals surface area (Å²) < 4.78 is 14.9. The van der Waals surface area contributed by atoms with Gasteiger partial charge in [-0.2, -0.15) is 0 Å². The zero-order valence-corrected chi connectivity index (χ0v) is 9.99. The van der Waals surface area contributed by atoms with Gasteiger partial charge in [-0.15, -0.1) is 0 Å². The van der Waals surface area contributed by atoms with Gasteiger partial charge in [-0.1, -0.05) is 0 Å². The lowest BCUT2D eigenvalue weighted by atomic mass is 10.1. The number of aromatic nitrogens is 1. The van der Waals surface area contributed by atoms with Gasteiger partial charge in [-0.3, -0.25) is 0 Å². The second kappa shape index (κ2) is 3.87. The van der Waals surface area contributed by atoms with Gasteiger partial charge in [0.05, 0.1) is 0 Å². The topological polar surface area (TPSA) is 42.2 Å². The predicted octanol–water partition coefficient (Wildman–Crippen LogP) is 3.37. The van der Waals surface area contributed by atoms with Crippen LogP contribution in [0.2, 0.25) is 0 Å². The van der Waals surface area contributed by atoms with Crippen LogP contribution in [0.25, 0.3) is 10.9 Å². The third-order valence-electron chi connectivity index (χ3n) is 2.94. The van der Waals surface area contributed by atoms with Gasteiger partial charge in [-0.25, -0.2) is 9.18 Å². The van der Waals surface area contributed by atoms with Crippen LogP contribution in [0, 0.1) is 12.7 Å². The molecule has 3 nitrogen and oxygen atoms in total. The Labute approximate surface area is 98.5 Å². The molecule has 0 fully saturated rings. The van der Waals surface area contributed by atoms with Crippen molar-refractivity contribution in [1.82, 2.24) is 4.57 Å². The SMILES string of the molecule is Cc1c(C(=O)O)n(C(C)C)c2ccc(F)cc12. The number of fused-ring (bicyclic) bond motifs is 1. The van der Waals surface area contributed by atoms with Crippen LogP contribution in [0.4, 0.5) is 4.39 Å². The summed E-state index contributed by atoms with van der Waals surface area (Å²) in [7, 11) is 0. The Kier molecular flexibility index (Phi) is 2.65. The molecule has 2 rings (SSSR count). The van der Waals surface area contributed by atoms with Gasteiger partial charge in [0, 0.05) is 16.9 Å². The second-order valence-electron chi connectivity index (χ2n) is 4.40. The first kappa shape index (κ1) is 11.6. The Balaban J connectivity index is 2.92. The number of nitrogens with zero attached hydrogens (tertiary/aromatic N) is 1. The molecule has 1 aromatic carbocycles. The molecule has 0 bridgehead atoms. The van der Waals surface area contributed by atoms with Gasteiger partial charge in [0.2, 0.25) is 0 Å². The monoisotopic (exact) mass is 235 g/mol. The van der Waals surface area contributed by atoms with Gasteiger partial charge < -0.3 is 9.67 Å². The molecule has 1 N–H and O–H groups in total. The lowest BCUT2D eigenvalue weighted by Crippen LogP contribution is -2.11. The van der Waals surface area contributed by atoms with Crippen LogP contribution in [-0.4, -0.2) is 15.6 Å². The first-order chi connectivity index (χ1) is 7.93. The summed E-state index contributed by atoms with van der Waals surface area (Å²) in [4.78, 5) is 11.3. The summed E-state index contributed by atoms with van der Waals surface area (Å²) in [5.74, 6) is -1.33. The number of benzene rings is 1. The number of carboxylic acid groups (broad SMARTS) is 1. The van der Waals surface area contributed by atoms with Crippen molar-refractivity contribution < 1.29 is 14.3 Å². The molecule has 0 aliphatic carbocycles. The number of halogens is 1. The van der Waals surface area contributed by atoms with E-state index in [1.54, 1.807) is 17.6 Å². The fraction of sp³-hybridized carbons (Fsp3) is 0.308. The highest BCUT2D eigenvalue weighted by atomic mass is 19.1. The van der Waals surface area contributed by atoms with E-state index in [1.165, 1.54) is 12.1 Å². The van der Waals surface area contributed by atoms with Crippen LogP contribution in [0.1, 0.15) is 35.9 Å². The molecule has 0 atom stereocenters. The number of carboxylic acids is 1. The summed E-state index contributed by atoms with van der Waals surface area (Å²) in [6, 6.07) is 4.38. The molecule has 0 aliphatic heterocycles. The van der Waals surface area contributed by atoms with Crippen LogP contribution in [0.15, 0.2) is 18.2 Å². The van der Waals surface area contributed by atoms with E-state index in [0.29, 0.717) is 10.9 Å². The summed E-state index contributed by atoms with van der Waals surface area (Å²) in [5, 5.41) is 9.91. The van der Waals surface area contributed by atoms with E-state index in [1.807, 2.05) is 13.8 Å². The number of aryl methyl sites for hydroxylation is 1. The quantitative estimate of drug-likeness (QED) is 0.867. The van der Waals surface area contributed by atoms with E-state index >= 15 is 0 Å². The molecule has 0 saturated carbocycles. The molecule has 0 aliphatic rings. The maximum atomic E-state index is 13.2. The van der Waals surface area contributed by atoms with Crippen molar-refractivity contribution >= 4 is 16.9 Å². The lowest BCUT2D eigenvalue weighted by molar-refractivity contribution is 0.0683. The number of rotatable bonds is 2. The van der Waals surface area contributed by atoms with Crippen molar-refractivity contribution in [2.75, 3.05) is 0 Å². The van der Waals surface area contributed by atoms with Crippen molar-refractivity contribution in [2.45, 2.75) is 26.8 Å². The fourth-order valence-electron chi connectivity index (χ4n) is 2.25. The smallest absolute Gasteiger partial charge is 0.352 e. The highest BCUT2D eigenvalue weighted by Gasteiger charge is 2.21. The van der Waals surface area contributed by atoms with Crippen LogP contribution in [0.3, 0.4) is 0 Å². The minimum atomic E-state index is -0.979. The number of carbonyl (C=O) groups is 1. The molecule has 1 heterocycles. The van der Waals surface area contributed by atoms with E-state index in [9.17, 15) is 14.3 Å². The summed E-state index contributed by atoms with van der Waals surface area (Å²) in [6.07, 6.45) is 0. The summed E-state index contributed by atoms with van der Waals surface area (Å²) in [5.41, 5.74) is 1.61. The van der Waals surface area contributed by atoms with Crippen molar-refractivity contribution in [3.63, 3.8) is 0 Å². The molecular formula is C13H14FNO2. The molecule has 90 valence electrons. The largest absolute Gasteiger partial charge is 0.477 e. The molecular weight excluding hydrogens is 221 g/mol.